The molecule has 0 aromatic heterocycles. The van der Waals surface area contributed by atoms with Crippen LogP contribution in [-0.2, 0) is 16.7 Å². The molecule has 1 saturated heterocycles. The Morgan fingerprint density at radius 1 is 0.756 bits per heavy atom. The number of carbonyl (C=O) groups is 1. The van der Waals surface area contributed by atoms with Crippen molar-refractivity contribution in [3.8, 4) is 11.5 Å². The fourth-order valence-electron chi connectivity index (χ4n) is 6.39. The predicted molar refractivity (Wildman–Crippen MR) is 185 cm³/mol. The molecule has 1 aliphatic heterocycles. The summed E-state index contributed by atoms with van der Waals surface area (Å²) < 4.78 is 18.5. The number of ketones is 1. The van der Waals surface area contributed by atoms with E-state index in [2.05, 4.69) is 90.0 Å². The minimum absolute atomic E-state index is 0.0104. The summed E-state index contributed by atoms with van der Waals surface area (Å²) in [5, 5.41) is 0. The second-order valence-electron chi connectivity index (χ2n) is 15.0. The standard InChI is InChI=1S/C39H55N2O4/c1-38(2,3)30-39(4,5)33-14-20-35(21-15-33)44-27-26-43-25-24-41(6,7)28-31-10-18-36(19-11-31)45-29-37(42)32-12-16-34(17-13-32)40-22-8-9-23-40/h10-21H,8-9,22-30H2,1-7H3/q+1. The fourth-order valence-corrected chi connectivity index (χ4v) is 6.39. The van der Waals surface area contributed by atoms with E-state index < -0.39 is 0 Å². The molecule has 1 fully saturated rings. The Morgan fingerprint density at radius 2 is 1.36 bits per heavy atom. The van der Waals surface area contributed by atoms with Crippen molar-refractivity contribution in [2.75, 3.05) is 65.1 Å². The number of rotatable bonds is 16. The quantitative estimate of drug-likeness (QED) is 0.0931. The van der Waals surface area contributed by atoms with Crippen molar-refractivity contribution in [1.82, 2.24) is 0 Å². The zero-order chi connectivity index (χ0) is 32.5. The molecule has 6 heteroatoms. The van der Waals surface area contributed by atoms with Crippen LogP contribution in [-0.4, -0.2) is 70.4 Å². The minimum Gasteiger partial charge on any atom is -0.491 e. The summed E-state index contributed by atoms with van der Waals surface area (Å²) in [6.45, 7) is 17.3. The molecule has 4 rings (SSSR count). The molecule has 1 aliphatic rings. The lowest BCUT2D eigenvalue weighted by molar-refractivity contribution is -0.904. The molecule has 0 N–H and O–H groups in total. The molecular formula is C39H55N2O4+. The number of carbonyl (C=O) groups excluding carboxylic acids is 1. The van der Waals surface area contributed by atoms with Crippen LogP contribution in [0.2, 0.25) is 0 Å². The van der Waals surface area contributed by atoms with Crippen molar-refractivity contribution in [1.29, 1.82) is 0 Å². The molecule has 0 aliphatic carbocycles. The van der Waals surface area contributed by atoms with Crippen LogP contribution >= 0.6 is 0 Å². The second-order valence-corrected chi connectivity index (χ2v) is 15.0. The van der Waals surface area contributed by atoms with Gasteiger partial charge in [-0.3, -0.25) is 4.79 Å². The maximum Gasteiger partial charge on any atom is 0.200 e. The number of hydrogen-bond donors (Lipinski definition) is 0. The smallest absolute Gasteiger partial charge is 0.200 e. The van der Waals surface area contributed by atoms with Crippen molar-refractivity contribution in [3.63, 3.8) is 0 Å². The highest BCUT2D eigenvalue weighted by molar-refractivity contribution is 5.97. The van der Waals surface area contributed by atoms with Crippen LogP contribution in [0.1, 0.15) is 75.4 Å². The van der Waals surface area contributed by atoms with Crippen LogP contribution in [0.3, 0.4) is 0 Å². The molecule has 3 aromatic carbocycles. The van der Waals surface area contributed by atoms with Gasteiger partial charge in [0.1, 0.15) is 31.2 Å². The number of anilines is 1. The predicted octanol–water partition coefficient (Wildman–Crippen LogP) is 7.93. The Hall–Kier alpha value is -3.35. The lowest BCUT2D eigenvalue weighted by Crippen LogP contribution is -2.41. The Morgan fingerprint density at radius 3 is 1.98 bits per heavy atom. The van der Waals surface area contributed by atoms with Gasteiger partial charge >= 0.3 is 0 Å². The number of quaternary nitrogens is 1. The third kappa shape index (κ3) is 11.2. The highest BCUT2D eigenvalue weighted by Crippen LogP contribution is 2.36. The normalized spacial score (nSPS) is 14.1. The molecule has 0 unspecified atom stereocenters. The van der Waals surface area contributed by atoms with E-state index in [9.17, 15) is 4.79 Å². The Bertz CT molecular complexity index is 1330. The van der Waals surface area contributed by atoms with E-state index in [0.29, 0.717) is 31.1 Å². The molecule has 0 atom stereocenters. The largest absolute Gasteiger partial charge is 0.491 e. The van der Waals surface area contributed by atoms with Crippen LogP contribution in [0.25, 0.3) is 0 Å². The molecule has 244 valence electrons. The molecule has 45 heavy (non-hydrogen) atoms. The van der Waals surface area contributed by atoms with E-state index in [1.807, 2.05) is 36.4 Å². The minimum atomic E-state index is -0.0104. The Kier molecular flexibility index (Phi) is 11.7. The molecular weight excluding hydrogens is 560 g/mol. The molecule has 0 bridgehead atoms. The summed E-state index contributed by atoms with van der Waals surface area (Å²) in [5.41, 5.74) is 4.84. The van der Waals surface area contributed by atoms with E-state index in [4.69, 9.17) is 14.2 Å². The average Bonchev–Trinajstić information content (AvgIpc) is 3.53. The molecule has 0 spiro atoms. The Labute approximate surface area is 271 Å². The number of likely N-dealkylation sites (N-methyl/N-ethyl adjacent to an activating group) is 1. The van der Waals surface area contributed by atoms with Crippen LogP contribution in [0, 0.1) is 5.41 Å². The van der Waals surface area contributed by atoms with Crippen LogP contribution in [0.5, 0.6) is 11.5 Å². The third-order valence-electron chi connectivity index (χ3n) is 8.51. The maximum absolute atomic E-state index is 12.7. The summed E-state index contributed by atoms with van der Waals surface area (Å²) >= 11 is 0. The van der Waals surface area contributed by atoms with Gasteiger partial charge in [0.15, 0.2) is 12.4 Å². The summed E-state index contributed by atoms with van der Waals surface area (Å²) in [7, 11) is 4.42. The molecule has 0 radical (unpaired) electrons. The number of benzene rings is 3. The summed E-state index contributed by atoms with van der Waals surface area (Å²) in [5.74, 6) is 1.58. The number of Topliss-reactive ketones (excluding diaryl/α,β-unsaturated/α-hetero) is 1. The van der Waals surface area contributed by atoms with Gasteiger partial charge in [-0.15, -0.1) is 0 Å². The molecule has 0 amide bonds. The van der Waals surface area contributed by atoms with Gasteiger partial charge in [-0.05, 0) is 96.3 Å². The summed E-state index contributed by atoms with van der Waals surface area (Å²) in [6.07, 6.45) is 3.60. The summed E-state index contributed by atoms with van der Waals surface area (Å²) in [4.78, 5) is 15.0. The number of hydrogen-bond acceptors (Lipinski definition) is 5. The Balaban J connectivity index is 1.12. The summed E-state index contributed by atoms with van der Waals surface area (Å²) in [6, 6.07) is 24.5. The van der Waals surface area contributed by atoms with Gasteiger partial charge in [0.25, 0.3) is 0 Å². The molecule has 1 heterocycles. The first-order valence-electron chi connectivity index (χ1n) is 16.5. The van der Waals surface area contributed by atoms with Crippen LogP contribution in [0.15, 0.2) is 72.8 Å². The first-order valence-corrected chi connectivity index (χ1v) is 16.5. The molecule has 0 saturated carbocycles. The lowest BCUT2D eigenvalue weighted by atomic mass is 9.72. The monoisotopic (exact) mass is 615 g/mol. The molecule has 6 nitrogen and oxygen atoms in total. The first-order chi connectivity index (χ1) is 21.3. The maximum atomic E-state index is 12.7. The van der Waals surface area contributed by atoms with Gasteiger partial charge in [-0.25, -0.2) is 0 Å². The van der Waals surface area contributed by atoms with Gasteiger partial charge in [-0.1, -0.05) is 46.8 Å². The van der Waals surface area contributed by atoms with Gasteiger partial charge in [-0.2, -0.15) is 0 Å². The topological polar surface area (TPSA) is 48.0 Å². The van der Waals surface area contributed by atoms with Crippen molar-refractivity contribution >= 4 is 11.5 Å². The van der Waals surface area contributed by atoms with Gasteiger partial charge in [0, 0.05) is 29.9 Å². The fraction of sp³-hybridized carbons (Fsp3) is 0.513. The van der Waals surface area contributed by atoms with Gasteiger partial charge in [0.05, 0.1) is 27.3 Å². The lowest BCUT2D eigenvalue weighted by Gasteiger charge is -2.33. The SMILES string of the molecule is CC(C)(C)CC(C)(C)c1ccc(OCCOCC[N+](C)(C)Cc2ccc(OCC(=O)c3ccc(N4CCCC4)cc3)cc2)cc1. The van der Waals surface area contributed by atoms with Crippen molar-refractivity contribution in [2.45, 2.75) is 65.8 Å². The van der Waals surface area contributed by atoms with Crippen molar-refractivity contribution in [2.24, 2.45) is 5.41 Å². The zero-order valence-electron chi connectivity index (χ0n) is 28.7. The molecule has 3 aromatic rings. The van der Waals surface area contributed by atoms with Crippen molar-refractivity contribution < 1.29 is 23.5 Å². The number of ether oxygens (including phenoxy) is 3. The highest BCUT2D eigenvalue weighted by atomic mass is 16.5. The van der Waals surface area contributed by atoms with E-state index in [1.165, 1.54) is 29.7 Å². The van der Waals surface area contributed by atoms with E-state index in [-0.39, 0.29) is 23.2 Å². The van der Waals surface area contributed by atoms with Gasteiger partial charge < -0.3 is 23.6 Å². The van der Waals surface area contributed by atoms with Crippen LogP contribution < -0.4 is 14.4 Å². The van der Waals surface area contributed by atoms with Crippen molar-refractivity contribution in [3.05, 3.63) is 89.5 Å². The highest BCUT2D eigenvalue weighted by Gasteiger charge is 2.27. The van der Waals surface area contributed by atoms with Crippen LogP contribution in [0.4, 0.5) is 5.69 Å². The van der Waals surface area contributed by atoms with E-state index >= 15 is 0 Å². The van der Waals surface area contributed by atoms with E-state index in [1.54, 1.807) is 0 Å². The van der Waals surface area contributed by atoms with Gasteiger partial charge in [0.2, 0.25) is 0 Å². The first kappa shape index (κ1) is 34.5. The average molecular weight is 616 g/mol. The van der Waals surface area contributed by atoms with E-state index in [0.717, 1.165) is 42.8 Å². The third-order valence-corrected chi connectivity index (χ3v) is 8.51. The number of nitrogens with zero attached hydrogens (tertiary/aromatic N) is 2. The zero-order valence-corrected chi connectivity index (χ0v) is 28.7. The second kappa shape index (κ2) is 15.3.